The third-order valence-corrected chi connectivity index (χ3v) is 3.37. The summed E-state index contributed by atoms with van der Waals surface area (Å²) >= 11 is 0. The van der Waals surface area contributed by atoms with E-state index in [9.17, 15) is 14.9 Å². The van der Waals surface area contributed by atoms with E-state index in [1.165, 1.54) is 12.1 Å². The van der Waals surface area contributed by atoms with Gasteiger partial charge in [-0.3, -0.25) is 14.9 Å². The summed E-state index contributed by atoms with van der Waals surface area (Å²) in [5.41, 5.74) is 5.74. The number of carbonyl (C=O) groups is 1. The lowest BCUT2D eigenvalue weighted by Gasteiger charge is -2.20. The maximum Gasteiger partial charge on any atom is 0.292 e. The van der Waals surface area contributed by atoms with Gasteiger partial charge in [0.15, 0.2) is 0 Å². The Morgan fingerprint density at radius 2 is 1.84 bits per heavy atom. The van der Waals surface area contributed by atoms with E-state index in [2.05, 4.69) is 0 Å². The molecule has 2 rings (SSSR count). The number of nitro benzene ring substituents is 1. The van der Waals surface area contributed by atoms with Crippen LogP contribution in [0.5, 0.6) is 0 Å². The standard InChI is InChI=1S/C13H17N3O3/c14-11-6-5-10(9-12(11)16(18)19)13(17)15-7-3-1-2-4-8-15/h5-6,9H,1-4,7-8,14H2. The number of likely N-dealkylation sites (tertiary alicyclic amines) is 1. The van der Waals surface area contributed by atoms with Gasteiger partial charge in [0.05, 0.1) is 4.92 Å². The van der Waals surface area contributed by atoms with Crippen LogP contribution in [0.15, 0.2) is 18.2 Å². The van der Waals surface area contributed by atoms with E-state index in [-0.39, 0.29) is 17.3 Å². The molecule has 0 unspecified atom stereocenters. The highest BCUT2D eigenvalue weighted by Gasteiger charge is 2.20. The molecule has 1 fully saturated rings. The van der Waals surface area contributed by atoms with Gasteiger partial charge in [0, 0.05) is 24.7 Å². The minimum atomic E-state index is -0.561. The van der Waals surface area contributed by atoms with E-state index in [0.29, 0.717) is 5.56 Å². The Morgan fingerprint density at radius 1 is 1.21 bits per heavy atom. The van der Waals surface area contributed by atoms with Crippen molar-refractivity contribution in [1.29, 1.82) is 0 Å². The van der Waals surface area contributed by atoms with Crippen LogP contribution < -0.4 is 5.73 Å². The lowest BCUT2D eigenvalue weighted by atomic mass is 10.1. The smallest absolute Gasteiger partial charge is 0.292 e. The quantitative estimate of drug-likeness (QED) is 0.503. The third kappa shape index (κ3) is 3.01. The summed E-state index contributed by atoms with van der Waals surface area (Å²) in [6.45, 7) is 1.44. The molecule has 19 heavy (non-hydrogen) atoms. The minimum absolute atomic E-state index is 0.0809. The zero-order chi connectivity index (χ0) is 13.8. The van der Waals surface area contributed by atoms with Crippen molar-refractivity contribution in [3.63, 3.8) is 0 Å². The van der Waals surface area contributed by atoms with Gasteiger partial charge in [-0.15, -0.1) is 0 Å². The maximum atomic E-state index is 12.3. The number of nitrogens with two attached hydrogens (primary N) is 1. The van der Waals surface area contributed by atoms with Crippen LogP contribution in [-0.4, -0.2) is 28.8 Å². The lowest BCUT2D eigenvalue weighted by molar-refractivity contribution is -0.383. The summed E-state index contributed by atoms with van der Waals surface area (Å²) in [6, 6.07) is 4.24. The van der Waals surface area contributed by atoms with Crippen molar-refractivity contribution < 1.29 is 9.72 Å². The first-order valence-corrected chi connectivity index (χ1v) is 6.43. The summed E-state index contributed by atoms with van der Waals surface area (Å²) in [6.07, 6.45) is 4.24. The van der Waals surface area contributed by atoms with Gasteiger partial charge in [-0.1, -0.05) is 12.8 Å². The number of nitrogen functional groups attached to an aromatic ring is 1. The molecule has 6 nitrogen and oxygen atoms in total. The van der Waals surface area contributed by atoms with Crippen molar-refractivity contribution in [1.82, 2.24) is 4.90 Å². The molecule has 0 atom stereocenters. The van der Waals surface area contributed by atoms with Gasteiger partial charge in [0.1, 0.15) is 5.69 Å². The van der Waals surface area contributed by atoms with Gasteiger partial charge in [-0.05, 0) is 25.0 Å². The van der Waals surface area contributed by atoms with Crippen molar-refractivity contribution >= 4 is 17.3 Å². The molecule has 1 saturated heterocycles. The number of carbonyl (C=O) groups excluding carboxylic acids is 1. The Morgan fingerprint density at radius 3 is 2.42 bits per heavy atom. The fourth-order valence-corrected chi connectivity index (χ4v) is 2.29. The fraction of sp³-hybridized carbons (Fsp3) is 0.462. The van der Waals surface area contributed by atoms with Crippen LogP contribution in [0, 0.1) is 10.1 Å². The number of benzene rings is 1. The van der Waals surface area contributed by atoms with Crippen molar-refractivity contribution in [2.75, 3.05) is 18.8 Å². The third-order valence-electron chi connectivity index (χ3n) is 3.37. The van der Waals surface area contributed by atoms with Crippen LogP contribution in [0.25, 0.3) is 0 Å². The monoisotopic (exact) mass is 263 g/mol. The first kappa shape index (κ1) is 13.3. The zero-order valence-electron chi connectivity index (χ0n) is 10.7. The van der Waals surface area contributed by atoms with Crippen molar-refractivity contribution in [3.8, 4) is 0 Å². The highest BCUT2D eigenvalue weighted by atomic mass is 16.6. The van der Waals surface area contributed by atoms with E-state index in [4.69, 9.17) is 5.73 Å². The summed E-state index contributed by atoms with van der Waals surface area (Å²) < 4.78 is 0. The normalized spacial score (nSPS) is 15.9. The molecule has 102 valence electrons. The summed E-state index contributed by atoms with van der Waals surface area (Å²) in [4.78, 5) is 24.3. The summed E-state index contributed by atoms with van der Waals surface area (Å²) in [5.74, 6) is -0.148. The average molecular weight is 263 g/mol. The Balaban J connectivity index is 2.23. The van der Waals surface area contributed by atoms with E-state index in [1.807, 2.05) is 0 Å². The number of amides is 1. The molecule has 1 aliphatic heterocycles. The molecule has 0 radical (unpaired) electrons. The molecule has 6 heteroatoms. The molecule has 2 N–H and O–H groups in total. The van der Waals surface area contributed by atoms with E-state index in [1.54, 1.807) is 11.0 Å². The highest BCUT2D eigenvalue weighted by Crippen LogP contribution is 2.23. The molecular weight excluding hydrogens is 246 g/mol. The Kier molecular flexibility index (Phi) is 3.99. The Labute approximate surface area is 111 Å². The lowest BCUT2D eigenvalue weighted by Crippen LogP contribution is -2.31. The topological polar surface area (TPSA) is 89.5 Å². The second-order valence-corrected chi connectivity index (χ2v) is 4.74. The molecule has 1 aromatic carbocycles. The first-order valence-electron chi connectivity index (χ1n) is 6.43. The van der Waals surface area contributed by atoms with Gasteiger partial charge in [-0.2, -0.15) is 0 Å². The van der Waals surface area contributed by atoms with Gasteiger partial charge >= 0.3 is 0 Å². The Hall–Kier alpha value is -2.11. The minimum Gasteiger partial charge on any atom is -0.393 e. The van der Waals surface area contributed by atoms with Crippen LogP contribution in [0.1, 0.15) is 36.0 Å². The first-order chi connectivity index (χ1) is 9.09. The molecular formula is C13H17N3O3. The average Bonchev–Trinajstić information content (AvgIpc) is 2.67. The molecule has 0 saturated carbocycles. The maximum absolute atomic E-state index is 12.3. The molecule has 1 aliphatic rings. The van der Waals surface area contributed by atoms with Gasteiger partial charge in [-0.25, -0.2) is 0 Å². The number of hydrogen-bond donors (Lipinski definition) is 1. The molecule has 0 bridgehead atoms. The van der Waals surface area contributed by atoms with E-state index < -0.39 is 4.92 Å². The largest absolute Gasteiger partial charge is 0.393 e. The van der Waals surface area contributed by atoms with Crippen LogP contribution in [0.3, 0.4) is 0 Å². The van der Waals surface area contributed by atoms with Crippen LogP contribution in [-0.2, 0) is 0 Å². The van der Waals surface area contributed by atoms with E-state index in [0.717, 1.165) is 38.8 Å². The predicted molar refractivity (Wildman–Crippen MR) is 71.9 cm³/mol. The van der Waals surface area contributed by atoms with Crippen LogP contribution >= 0.6 is 0 Å². The predicted octanol–water partition coefficient (Wildman–Crippen LogP) is 2.19. The number of anilines is 1. The van der Waals surface area contributed by atoms with Gasteiger partial charge in [0.25, 0.3) is 11.6 Å². The van der Waals surface area contributed by atoms with Crippen LogP contribution in [0.2, 0.25) is 0 Å². The van der Waals surface area contributed by atoms with Crippen molar-refractivity contribution in [2.24, 2.45) is 0 Å². The van der Waals surface area contributed by atoms with Crippen molar-refractivity contribution in [2.45, 2.75) is 25.7 Å². The number of nitro groups is 1. The van der Waals surface area contributed by atoms with E-state index >= 15 is 0 Å². The number of rotatable bonds is 2. The summed E-state index contributed by atoms with van der Waals surface area (Å²) in [5, 5.41) is 10.8. The molecule has 1 heterocycles. The van der Waals surface area contributed by atoms with Gasteiger partial charge in [0.2, 0.25) is 0 Å². The Bertz CT molecular complexity index is 494. The van der Waals surface area contributed by atoms with Crippen molar-refractivity contribution in [3.05, 3.63) is 33.9 Å². The second kappa shape index (κ2) is 5.69. The fourth-order valence-electron chi connectivity index (χ4n) is 2.29. The summed E-state index contributed by atoms with van der Waals surface area (Å²) in [7, 11) is 0. The number of hydrogen-bond acceptors (Lipinski definition) is 4. The van der Waals surface area contributed by atoms with Gasteiger partial charge < -0.3 is 10.6 Å². The SMILES string of the molecule is Nc1ccc(C(=O)N2CCCCCC2)cc1[N+](=O)[O-]. The zero-order valence-corrected chi connectivity index (χ0v) is 10.7. The highest BCUT2D eigenvalue weighted by molar-refractivity contribution is 5.95. The molecule has 1 amide bonds. The molecule has 0 spiro atoms. The second-order valence-electron chi connectivity index (χ2n) is 4.74. The molecule has 0 aromatic heterocycles. The molecule has 0 aliphatic carbocycles. The van der Waals surface area contributed by atoms with Crippen LogP contribution in [0.4, 0.5) is 11.4 Å². The number of nitrogens with zero attached hydrogens (tertiary/aromatic N) is 2. The molecule has 1 aromatic rings.